The van der Waals surface area contributed by atoms with Crippen LogP contribution in [-0.4, -0.2) is 33.5 Å². The summed E-state index contributed by atoms with van der Waals surface area (Å²) in [6.07, 6.45) is 14.6. The lowest BCUT2D eigenvalue weighted by atomic mass is 9.43. The molecule has 0 unspecified atom stereocenters. The molecule has 0 aromatic carbocycles. The van der Waals surface area contributed by atoms with Gasteiger partial charge in [0.15, 0.2) is 0 Å². The van der Waals surface area contributed by atoms with E-state index in [0.717, 1.165) is 38.5 Å². The number of ether oxygens (including phenoxy) is 1. The Bertz CT molecular complexity index is 847. The Labute approximate surface area is 207 Å². The van der Waals surface area contributed by atoms with Gasteiger partial charge in [0.2, 0.25) is 0 Å². The molecule has 4 aliphatic carbocycles. The van der Waals surface area contributed by atoms with Gasteiger partial charge < -0.3 is 14.9 Å². The average molecular weight is 473 g/mol. The SMILES string of the molecule is CC(=O)O[C@@H]1CC[C@]2(C)[C@@H]3CC[C@@]4(C)[C@H](CC[C@H]4[C@H](C)/C=C/[C@H](C)C(C)C)[C@]3(O)C=C[C@]2(O)C1. The zero-order chi connectivity index (χ0) is 25.1. The third-order valence-corrected chi connectivity index (χ3v) is 11.1. The molecule has 2 N–H and O–H groups in total. The molecule has 34 heavy (non-hydrogen) atoms. The van der Waals surface area contributed by atoms with E-state index in [1.54, 1.807) is 0 Å². The van der Waals surface area contributed by atoms with Gasteiger partial charge in [-0.25, -0.2) is 0 Å². The van der Waals surface area contributed by atoms with Crippen LogP contribution in [-0.2, 0) is 9.53 Å². The molecular weight excluding hydrogens is 424 g/mol. The van der Waals surface area contributed by atoms with Crippen molar-refractivity contribution in [2.24, 2.45) is 46.3 Å². The Morgan fingerprint density at radius 1 is 0.971 bits per heavy atom. The van der Waals surface area contributed by atoms with Crippen molar-refractivity contribution in [1.29, 1.82) is 0 Å². The van der Waals surface area contributed by atoms with Gasteiger partial charge in [0.25, 0.3) is 0 Å². The van der Waals surface area contributed by atoms with Crippen LogP contribution in [0.5, 0.6) is 0 Å². The number of carbonyl (C=O) groups excluding carboxylic acids is 1. The van der Waals surface area contributed by atoms with E-state index in [2.05, 4.69) is 53.7 Å². The molecule has 0 spiro atoms. The average Bonchev–Trinajstić information content (AvgIpc) is 3.11. The number of hydrogen-bond donors (Lipinski definition) is 2. The van der Waals surface area contributed by atoms with E-state index >= 15 is 0 Å². The maximum atomic E-state index is 12.3. The predicted octanol–water partition coefficient (Wildman–Crippen LogP) is 6.07. The molecule has 4 heteroatoms. The van der Waals surface area contributed by atoms with Gasteiger partial charge in [0.05, 0.1) is 11.2 Å². The maximum absolute atomic E-state index is 12.3. The van der Waals surface area contributed by atoms with Crippen LogP contribution in [0.3, 0.4) is 0 Å². The van der Waals surface area contributed by atoms with Gasteiger partial charge in [-0.15, -0.1) is 0 Å². The lowest BCUT2D eigenvalue weighted by Crippen LogP contribution is -2.67. The number of esters is 1. The Balaban J connectivity index is 1.60. The minimum atomic E-state index is -1.04. The van der Waals surface area contributed by atoms with Crippen molar-refractivity contribution in [3.8, 4) is 0 Å². The molecule has 0 aromatic heterocycles. The summed E-state index contributed by atoms with van der Waals surface area (Å²) in [4.78, 5) is 11.5. The van der Waals surface area contributed by atoms with E-state index in [1.807, 2.05) is 12.2 Å². The van der Waals surface area contributed by atoms with E-state index in [4.69, 9.17) is 4.74 Å². The van der Waals surface area contributed by atoms with Gasteiger partial charge in [-0.1, -0.05) is 65.8 Å². The maximum Gasteiger partial charge on any atom is 0.302 e. The molecule has 0 aromatic rings. The van der Waals surface area contributed by atoms with Crippen molar-refractivity contribution in [3.63, 3.8) is 0 Å². The van der Waals surface area contributed by atoms with Crippen LogP contribution in [0, 0.1) is 46.3 Å². The third-order valence-electron chi connectivity index (χ3n) is 11.1. The topological polar surface area (TPSA) is 66.8 Å². The standard InChI is InChI=1S/C30H48O4/c1-19(2)20(3)8-9-21(4)24-10-11-25-27(24,6)14-13-26-28(7)15-12-23(34-22(5)31)18-29(28,32)16-17-30(25,26)33/h8-9,16-17,19-21,23-26,32-33H,10-15,18H2,1-7H3/b9-8+/t20-,21+,23+,24-,25-,26-,27+,28+,29-,30+/m0/s1. The summed E-state index contributed by atoms with van der Waals surface area (Å²) < 4.78 is 5.49. The van der Waals surface area contributed by atoms with Crippen molar-refractivity contribution in [2.45, 2.75) is 111 Å². The van der Waals surface area contributed by atoms with Gasteiger partial charge in [0, 0.05) is 24.7 Å². The monoisotopic (exact) mass is 472 g/mol. The molecule has 0 radical (unpaired) electrons. The Hall–Kier alpha value is -1.13. The molecule has 192 valence electrons. The molecule has 4 nitrogen and oxygen atoms in total. The quantitative estimate of drug-likeness (QED) is 0.377. The van der Waals surface area contributed by atoms with Crippen LogP contribution in [0.25, 0.3) is 0 Å². The van der Waals surface area contributed by atoms with Crippen LogP contribution in [0.15, 0.2) is 24.3 Å². The molecular formula is C30H48O4. The lowest BCUT2D eigenvalue weighted by Gasteiger charge is -2.64. The second kappa shape index (κ2) is 8.76. The largest absolute Gasteiger partial charge is 0.462 e. The summed E-state index contributed by atoms with van der Waals surface area (Å²) in [5.41, 5.74) is -2.24. The van der Waals surface area contributed by atoms with Gasteiger partial charge in [-0.3, -0.25) is 4.79 Å². The fourth-order valence-corrected chi connectivity index (χ4v) is 8.64. The van der Waals surface area contributed by atoms with Crippen LogP contribution in [0.4, 0.5) is 0 Å². The fraction of sp³-hybridized carbons (Fsp3) is 0.833. The van der Waals surface area contributed by atoms with Crippen molar-refractivity contribution in [3.05, 3.63) is 24.3 Å². The number of aliphatic hydroxyl groups is 2. The van der Waals surface area contributed by atoms with Gasteiger partial charge in [0.1, 0.15) is 6.10 Å². The first-order valence-corrected chi connectivity index (χ1v) is 13.8. The summed E-state index contributed by atoms with van der Waals surface area (Å²) >= 11 is 0. The highest BCUT2D eigenvalue weighted by atomic mass is 16.5. The zero-order valence-electron chi connectivity index (χ0n) is 22.5. The molecule has 0 saturated heterocycles. The minimum absolute atomic E-state index is 0.0249. The van der Waals surface area contributed by atoms with Gasteiger partial charge in [-0.05, 0) is 73.5 Å². The Kier molecular flexibility index (Phi) is 6.69. The Morgan fingerprint density at radius 2 is 1.68 bits per heavy atom. The summed E-state index contributed by atoms with van der Waals surface area (Å²) in [7, 11) is 0. The molecule has 3 saturated carbocycles. The van der Waals surface area contributed by atoms with E-state index < -0.39 is 16.6 Å². The third kappa shape index (κ3) is 3.92. The highest BCUT2D eigenvalue weighted by Crippen LogP contribution is 2.69. The van der Waals surface area contributed by atoms with Crippen molar-refractivity contribution >= 4 is 5.97 Å². The first kappa shape index (κ1) is 25.9. The second-order valence-corrected chi connectivity index (χ2v) is 13.2. The minimum Gasteiger partial charge on any atom is -0.462 e. The first-order valence-electron chi connectivity index (χ1n) is 13.8. The Morgan fingerprint density at radius 3 is 2.32 bits per heavy atom. The smallest absolute Gasteiger partial charge is 0.302 e. The molecule has 0 heterocycles. The van der Waals surface area contributed by atoms with Crippen LogP contribution in [0.1, 0.15) is 93.4 Å². The van der Waals surface area contributed by atoms with E-state index in [-0.39, 0.29) is 29.3 Å². The predicted molar refractivity (Wildman–Crippen MR) is 136 cm³/mol. The normalized spacial score (nSPS) is 47.7. The summed E-state index contributed by atoms with van der Waals surface area (Å²) in [6.45, 7) is 15.3. The summed E-state index contributed by atoms with van der Waals surface area (Å²) in [5, 5.41) is 24.1. The van der Waals surface area contributed by atoms with Crippen molar-refractivity contribution < 1.29 is 19.7 Å². The molecule has 4 aliphatic rings. The van der Waals surface area contributed by atoms with Crippen molar-refractivity contribution in [2.75, 3.05) is 0 Å². The fourth-order valence-electron chi connectivity index (χ4n) is 8.64. The molecule has 0 aliphatic heterocycles. The van der Waals surface area contributed by atoms with Crippen LogP contribution < -0.4 is 0 Å². The number of fused-ring (bicyclic) bond motifs is 5. The summed E-state index contributed by atoms with van der Waals surface area (Å²) in [6, 6.07) is 0. The highest BCUT2D eigenvalue weighted by molar-refractivity contribution is 5.66. The van der Waals surface area contributed by atoms with E-state index in [9.17, 15) is 15.0 Å². The molecule has 0 amide bonds. The zero-order valence-corrected chi connectivity index (χ0v) is 22.5. The lowest BCUT2D eigenvalue weighted by molar-refractivity contribution is -0.223. The molecule has 0 bridgehead atoms. The summed E-state index contributed by atoms with van der Waals surface area (Å²) in [5.74, 6) is 2.24. The van der Waals surface area contributed by atoms with Crippen LogP contribution in [0.2, 0.25) is 0 Å². The van der Waals surface area contributed by atoms with Crippen LogP contribution >= 0.6 is 0 Å². The van der Waals surface area contributed by atoms with Crippen molar-refractivity contribution in [1.82, 2.24) is 0 Å². The first-order chi connectivity index (χ1) is 15.8. The molecule has 10 atom stereocenters. The second-order valence-electron chi connectivity index (χ2n) is 13.2. The van der Waals surface area contributed by atoms with E-state index in [1.165, 1.54) is 6.92 Å². The molecule has 3 fully saturated rings. The molecule has 4 rings (SSSR count). The van der Waals surface area contributed by atoms with Gasteiger partial charge in [-0.2, -0.15) is 0 Å². The number of carbonyl (C=O) groups is 1. The number of rotatable bonds is 5. The van der Waals surface area contributed by atoms with E-state index in [0.29, 0.717) is 30.1 Å². The number of hydrogen-bond acceptors (Lipinski definition) is 4. The van der Waals surface area contributed by atoms with Gasteiger partial charge >= 0.3 is 5.97 Å². The number of allylic oxidation sites excluding steroid dienone is 2. The highest BCUT2D eigenvalue weighted by Gasteiger charge is 2.68.